The minimum absolute atomic E-state index is 0.195. The summed E-state index contributed by atoms with van der Waals surface area (Å²) in [6, 6.07) is 4.04. The fraction of sp³-hybridized carbons (Fsp3) is 0.643. The van der Waals surface area contributed by atoms with Gasteiger partial charge in [0.2, 0.25) is 0 Å². The number of carbonyl (C=O) groups excluding carboxylic acids is 1. The molecular weight excluding hydrogens is 244 g/mol. The highest BCUT2D eigenvalue weighted by Crippen LogP contribution is 2.24. The molecule has 0 aromatic carbocycles. The van der Waals surface area contributed by atoms with E-state index in [0.717, 1.165) is 37.2 Å². The van der Waals surface area contributed by atoms with Crippen molar-refractivity contribution < 1.29 is 4.79 Å². The lowest BCUT2D eigenvalue weighted by atomic mass is 9.90. The van der Waals surface area contributed by atoms with E-state index >= 15 is 0 Å². The summed E-state index contributed by atoms with van der Waals surface area (Å²) < 4.78 is 0. The summed E-state index contributed by atoms with van der Waals surface area (Å²) in [4.78, 5) is 16.5. The molecule has 0 radical (unpaired) electrons. The van der Waals surface area contributed by atoms with E-state index in [1.807, 2.05) is 18.0 Å². The smallest absolute Gasteiger partial charge is 0.263 e. The van der Waals surface area contributed by atoms with Gasteiger partial charge in [-0.1, -0.05) is 6.92 Å². The average Bonchev–Trinajstić information content (AvgIpc) is 2.87. The van der Waals surface area contributed by atoms with Gasteiger partial charge >= 0.3 is 0 Å². The van der Waals surface area contributed by atoms with Crippen molar-refractivity contribution in [3.05, 3.63) is 21.9 Å². The van der Waals surface area contributed by atoms with Gasteiger partial charge in [0, 0.05) is 23.5 Å². The summed E-state index contributed by atoms with van der Waals surface area (Å²) in [5.74, 6) is 0.206. The Hall–Kier alpha value is -0.870. The molecular formula is C14H22N2OS. The number of piperidine rings is 1. The number of thiophene rings is 1. The first-order valence-electron chi connectivity index (χ1n) is 6.65. The molecule has 0 bridgehead atoms. The van der Waals surface area contributed by atoms with E-state index in [2.05, 4.69) is 25.2 Å². The van der Waals surface area contributed by atoms with Crippen molar-refractivity contribution in [2.24, 2.45) is 0 Å². The van der Waals surface area contributed by atoms with Crippen LogP contribution in [0.4, 0.5) is 0 Å². The van der Waals surface area contributed by atoms with Crippen LogP contribution in [-0.2, 0) is 6.42 Å². The van der Waals surface area contributed by atoms with E-state index in [0.29, 0.717) is 0 Å². The summed E-state index contributed by atoms with van der Waals surface area (Å²) in [5.41, 5.74) is 0.195. The SMILES string of the molecule is CCc1ccc(C(=O)N2CCC(C)(NC)CC2)s1. The molecule has 0 unspecified atom stereocenters. The van der Waals surface area contributed by atoms with Crippen LogP contribution in [-0.4, -0.2) is 36.5 Å². The number of amides is 1. The summed E-state index contributed by atoms with van der Waals surface area (Å²) in [5, 5.41) is 3.36. The predicted octanol–water partition coefficient (Wildman–Crippen LogP) is 2.52. The highest BCUT2D eigenvalue weighted by atomic mass is 32.1. The van der Waals surface area contributed by atoms with Gasteiger partial charge in [-0.15, -0.1) is 11.3 Å². The second-order valence-electron chi connectivity index (χ2n) is 5.22. The molecule has 1 aliphatic heterocycles. The second kappa shape index (κ2) is 5.41. The molecule has 100 valence electrons. The van der Waals surface area contributed by atoms with E-state index in [1.165, 1.54) is 4.88 Å². The van der Waals surface area contributed by atoms with Gasteiger partial charge in [-0.3, -0.25) is 4.79 Å². The Balaban J connectivity index is 1.99. The van der Waals surface area contributed by atoms with Crippen molar-refractivity contribution >= 4 is 17.2 Å². The lowest BCUT2D eigenvalue weighted by Gasteiger charge is -2.39. The maximum Gasteiger partial charge on any atom is 0.263 e. The van der Waals surface area contributed by atoms with Gasteiger partial charge < -0.3 is 10.2 Å². The van der Waals surface area contributed by atoms with E-state index < -0.39 is 0 Å². The first-order valence-corrected chi connectivity index (χ1v) is 7.46. The van der Waals surface area contributed by atoms with Gasteiger partial charge in [0.05, 0.1) is 4.88 Å². The normalized spacial score (nSPS) is 18.9. The largest absolute Gasteiger partial charge is 0.338 e. The van der Waals surface area contributed by atoms with Crippen LogP contribution in [0.2, 0.25) is 0 Å². The number of hydrogen-bond acceptors (Lipinski definition) is 3. The van der Waals surface area contributed by atoms with Crippen LogP contribution in [0, 0.1) is 0 Å². The summed E-state index contributed by atoms with van der Waals surface area (Å²) in [7, 11) is 2.00. The van der Waals surface area contributed by atoms with Crippen molar-refractivity contribution in [1.82, 2.24) is 10.2 Å². The molecule has 1 N–H and O–H groups in total. The zero-order valence-electron chi connectivity index (χ0n) is 11.5. The minimum atomic E-state index is 0.195. The van der Waals surface area contributed by atoms with E-state index in [4.69, 9.17) is 0 Å². The van der Waals surface area contributed by atoms with Crippen molar-refractivity contribution in [3.8, 4) is 0 Å². The number of nitrogens with zero attached hydrogens (tertiary/aromatic N) is 1. The molecule has 2 heterocycles. The quantitative estimate of drug-likeness (QED) is 0.912. The molecule has 1 aromatic heterocycles. The third-order valence-electron chi connectivity index (χ3n) is 3.98. The van der Waals surface area contributed by atoms with Gasteiger partial charge in [-0.25, -0.2) is 0 Å². The van der Waals surface area contributed by atoms with Crippen LogP contribution in [0.1, 0.15) is 41.2 Å². The van der Waals surface area contributed by atoms with Crippen LogP contribution in [0.25, 0.3) is 0 Å². The molecule has 1 aromatic rings. The molecule has 1 saturated heterocycles. The van der Waals surface area contributed by atoms with Crippen molar-refractivity contribution in [3.63, 3.8) is 0 Å². The zero-order chi connectivity index (χ0) is 13.2. The van der Waals surface area contributed by atoms with E-state index in [9.17, 15) is 4.79 Å². The number of rotatable bonds is 3. The number of aryl methyl sites for hydroxylation is 1. The number of carbonyl (C=O) groups is 1. The zero-order valence-corrected chi connectivity index (χ0v) is 12.3. The van der Waals surface area contributed by atoms with Gasteiger partial charge in [-0.05, 0) is 45.4 Å². The Bertz CT molecular complexity index is 419. The fourth-order valence-electron chi connectivity index (χ4n) is 2.29. The van der Waals surface area contributed by atoms with E-state index in [-0.39, 0.29) is 11.4 Å². The highest BCUT2D eigenvalue weighted by molar-refractivity contribution is 7.14. The maximum atomic E-state index is 12.3. The molecule has 1 amide bonds. The molecule has 3 nitrogen and oxygen atoms in total. The number of likely N-dealkylation sites (tertiary alicyclic amines) is 1. The highest BCUT2D eigenvalue weighted by Gasteiger charge is 2.30. The molecule has 0 aliphatic carbocycles. The summed E-state index contributed by atoms with van der Waals surface area (Å²) >= 11 is 1.63. The average molecular weight is 266 g/mol. The summed E-state index contributed by atoms with van der Waals surface area (Å²) in [6.07, 6.45) is 3.07. The Morgan fingerprint density at radius 3 is 2.61 bits per heavy atom. The Kier molecular flexibility index (Phi) is 4.07. The lowest BCUT2D eigenvalue weighted by Crippen LogP contribution is -2.51. The molecule has 0 atom stereocenters. The Morgan fingerprint density at radius 2 is 2.11 bits per heavy atom. The van der Waals surface area contributed by atoms with Crippen molar-refractivity contribution in [2.45, 2.75) is 38.6 Å². The fourth-order valence-corrected chi connectivity index (χ4v) is 3.21. The molecule has 1 fully saturated rings. The third-order valence-corrected chi connectivity index (χ3v) is 5.20. The summed E-state index contributed by atoms with van der Waals surface area (Å²) in [6.45, 7) is 6.07. The monoisotopic (exact) mass is 266 g/mol. The second-order valence-corrected chi connectivity index (χ2v) is 6.39. The molecule has 2 rings (SSSR count). The number of nitrogens with one attached hydrogen (secondary N) is 1. The van der Waals surface area contributed by atoms with Gasteiger partial charge in [0.25, 0.3) is 5.91 Å². The predicted molar refractivity (Wildman–Crippen MR) is 76.3 cm³/mol. The first kappa shape index (κ1) is 13.6. The molecule has 0 spiro atoms. The van der Waals surface area contributed by atoms with E-state index in [1.54, 1.807) is 11.3 Å². The van der Waals surface area contributed by atoms with Gasteiger partial charge in [0.1, 0.15) is 0 Å². The van der Waals surface area contributed by atoms with Crippen molar-refractivity contribution in [2.75, 3.05) is 20.1 Å². The lowest BCUT2D eigenvalue weighted by molar-refractivity contribution is 0.0666. The first-order chi connectivity index (χ1) is 8.58. The van der Waals surface area contributed by atoms with Crippen LogP contribution in [0.3, 0.4) is 0 Å². The van der Waals surface area contributed by atoms with Crippen LogP contribution < -0.4 is 5.32 Å². The Labute approximate surface area is 113 Å². The topological polar surface area (TPSA) is 32.3 Å². The molecule has 4 heteroatoms. The molecule has 0 saturated carbocycles. The third kappa shape index (κ3) is 2.75. The molecule has 1 aliphatic rings. The van der Waals surface area contributed by atoms with Crippen LogP contribution in [0.15, 0.2) is 12.1 Å². The van der Waals surface area contributed by atoms with Crippen LogP contribution in [0.5, 0.6) is 0 Å². The Morgan fingerprint density at radius 1 is 1.44 bits per heavy atom. The van der Waals surface area contributed by atoms with Crippen molar-refractivity contribution in [1.29, 1.82) is 0 Å². The maximum absolute atomic E-state index is 12.3. The van der Waals surface area contributed by atoms with Crippen LogP contribution >= 0.6 is 11.3 Å². The number of hydrogen-bond donors (Lipinski definition) is 1. The minimum Gasteiger partial charge on any atom is -0.338 e. The van der Waals surface area contributed by atoms with Gasteiger partial charge in [0.15, 0.2) is 0 Å². The molecule has 18 heavy (non-hydrogen) atoms. The van der Waals surface area contributed by atoms with Gasteiger partial charge in [-0.2, -0.15) is 0 Å². The standard InChI is InChI=1S/C14H22N2OS/c1-4-11-5-6-12(18-11)13(17)16-9-7-14(2,15-3)8-10-16/h5-6,15H,4,7-10H2,1-3H3.